The third kappa shape index (κ3) is 4.33. The number of rotatable bonds is 7. The highest BCUT2D eigenvalue weighted by Gasteiger charge is 2.17. The van der Waals surface area contributed by atoms with Crippen LogP contribution in [0.3, 0.4) is 0 Å². The summed E-state index contributed by atoms with van der Waals surface area (Å²) in [5.74, 6) is 0.730. The van der Waals surface area contributed by atoms with Gasteiger partial charge in [-0.25, -0.2) is 15.0 Å². The summed E-state index contributed by atoms with van der Waals surface area (Å²) < 4.78 is 12.9. The number of benzene rings is 1. The van der Waals surface area contributed by atoms with E-state index in [-0.39, 0.29) is 18.5 Å². The average Bonchev–Trinajstić information content (AvgIpc) is 2.92. The molecule has 132 valence electrons. The number of nitrogens with zero attached hydrogens (tertiary/aromatic N) is 4. The number of aromatic nitrogens is 4. The molecule has 5 N–H and O–H groups in total. The number of nitrogens with one attached hydrogen (secondary N) is 1. The highest BCUT2D eigenvalue weighted by atomic mass is 31.2. The number of hydrogen-bond acceptors (Lipinski definition) is 6. The van der Waals surface area contributed by atoms with E-state index < -0.39 is 7.60 Å². The van der Waals surface area contributed by atoms with E-state index in [2.05, 4.69) is 20.3 Å². The van der Waals surface area contributed by atoms with E-state index >= 15 is 0 Å². The molecule has 0 unspecified atom stereocenters. The molecule has 0 aliphatic carbocycles. The molecule has 0 saturated carbocycles. The van der Waals surface area contributed by atoms with Gasteiger partial charge in [-0.15, -0.1) is 0 Å². The summed E-state index contributed by atoms with van der Waals surface area (Å²) in [4.78, 5) is 30.6. The first-order chi connectivity index (χ1) is 11.9. The van der Waals surface area contributed by atoms with Gasteiger partial charge in [-0.05, 0) is 12.0 Å². The quantitative estimate of drug-likeness (QED) is 0.460. The van der Waals surface area contributed by atoms with Gasteiger partial charge in [-0.2, -0.15) is 0 Å². The maximum atomic E-state index is 11.0. The van der Waals surface area contributed by atoms with Gasteiger partial charge in [0.1, 0.15) is 6.33 Å². The standard InChI is InChI=1S/C15H19N6O3P/c16-13-12-14(19-10-18-13)21(8-6-11-4-2-1-3-5-11)15(20-12)17-7-9-25(22,23)24/h1-5,10H,6-9H2,(H,17,20)(H2,16,18,19)(H2,22,23,24). The van der Waals surface area contributed by atoms with Crippen molar-refractivity contribution in [3.63, 3.8) is 0 Å². The third-order valence-corrected chi connectivity index (χ3v) is 4.52. The Morgan fingerprint density at radius 1 is 1.20 bits per heavy atom. The van der Waals surface area contributed by atoms with Gasteiger partial charge in [-0.3, -0.25) is 9.13 Å². The minimum Gasteiger partial charge on any atom is -0.382 e. The van der Waals surface area contributed by atoms with E-state index in [9.17, 15) is 4.57 Å². The van der Waals surface area contributed by atoms with Crippen LogP contribution in [0.4, 0.5) is 11.8 Å². The van der Waals surface area contributed by atoms with Crippen LogP contribution in [0.25, 0.3) is 11.2 Å². The number of nitrogens with two attached hydrogens (primary N) is 1. The SMILES string of the molecule is Nc1ncnc2c1nc(NCCP(=O)(O)O)n2CCc1ccccc1. The van der Waals surface area contributed by atoms with Gasteiger partial charge in [-0.1, -0.05) is 30.3 Å². The van der Waals surface area contributed by atoms with Crippen LogP contribution in [0.1, 0.15) is 5.56 Å². The third-order valence-electron chi connectivity index (χ3n) is 3.71. The molecular weight excluding hydrogens is 343 g/mol. The van der Waals surface area contributed by atoms with Crippen molar-refractivity contribution < 1.29 is 14.4 Å². The summed E-state index contributed by atoms with van der Waals surface area (Å²) in [5.41, 5.74) is 8.08. The number of anilines is 2. The number of fused-ring (bicyclic) bond motifs is 1. The van der Waals surface area contributed by atoms with Crippen molar-refractivity contribution in [3.8, 4) is 0 Å². The van der Waals surface area contributed by atoms with Gasteiger partial charge in [0.25, 0.3) is 0 Å². The number of nitrogen functional groups attached to an aromatic ring is 1. The molecule has 1 aromatic carbocycles. The maximum absolute atomic E-state index is 11.0. The lowest BCUT2D eigenvalue weighted by Crippen LogP contribution is -2.13. The molecule has 2 aromatic heterocycles. The molecule has 3 rings (SSSR count). The van der Waals surface area contributed by atoms with E-state index in [1.807, 2.05) is 34.9 Å². The summed E-state index contributed by atoms with van der Waals surface area (Å²) in [7, 11) is -4.08. The lowest BCUT2D eigenvalue weighted by Gasteiger charge is -2.11. The number of hydrogen-bond donors (Lipinski definition) is 4. The maximum Gasteiger partial charge on any atom is 0.327 e. The van der Waals surface area contributed by atoms with E-state index in [4.69, 9.17) is 15.5 Å². The Bertz CT molecular complexity index is 908. The van der Waals surface area contributed by atoms with Crippen molar-refractivity contribution >= 4 is 30.5 Å². The van der Waals surface area contributed by atoms with Gasteiger partial charge >= 0.3 is 7.60 Å². The van der Waals surface area contributed by atoms with Crippen molar-refractivity contribution in [1.29, 1.82) is 0 Å². The molecule has 3 aromatic rings. The second kappa shape index (κ2) is 7.18. The smallest absolute Gasteiger partial charge is 0.327 e. The van der Waals surface area contributed by atoms with Crippen LogP contribution in [0, 0.1) is 0 Å². The first-order valence-electron chi connectivity index (χ1n) is 7.73. The average molecular weight is 362 g/mol. The summed E-state index contributed by atoms with van der Waals surface area (Å²) >= 11 is 0. The fourth-order valence-electron chi connectivity index (χ4n) is 2.50. The van der Waals surface area contributed by atoms with Crippen molar-refractivity contribution in [2.24, 2.45) is 0 Å². The van der Waals surface area contributed by atoms with Gasteiger partial charge in [0.2, 0.25) is 5.95 Å². The van der Waals surface area contributed by atoms with E-state index in [1.54, 1.807) is 0 Å². The molecular formula is C15H19N6O3P. The minimum atomic E-state index is -4.08. The van der Waals surface area contributed by atoms with E-state index in [0.29, 0.717) is 23.7 Å². The predicted octanol–water partition coefficient (Wildman–Crippen LogP) is 1.24. The zero-order valence-electron chi connectivity index (χ0n) is 13.4. The molecule has 9 nitrogen and oxygen atoms in total. The fraction of sp³-hybridized carbons (Fsp3) is 0.267. The molecule has 0 aliphatic heterocycles. The number of aryl methyl sites for hydroxylation is 2. The zero-order chi connectivity index (χ0) is 17.9. The second-order valence-corrected chi connectivity index (χ2v) is 7.35. The highest BCUT2D eigenvalue weighted by Crippen LogP contribution is 2.33. The predicted molar refractivity (Wildman–Crippen MR) is 95.3 cm³/mol. The van der Waals surface area contributed by atoms with E-state index in [1.165, 1.54) is 6.33 Å². The summed E-state index contributed by atoms with van der Waals surface area (Å²) in [5, 5.41) is 2.96. The zero-order valence-corrected chi connectivity index (χ0v) is 14.3. The molecule has 10 heteroatoms. The Kier molecular flexibility index (Phi) is 4.98. The largest absolute Gasteiger partial charge is 0.382 e. The van der Waals surface area contributed by atoms with Crippen LogP contribution < -0.4 is 11.1 Å². The Hall–Kier alpha value is -2.48. The summed E-state index contributed by atoms with van der Waals surface area (Å²) in [6, 6.07) is 9.97. The Balaban J connectivity index is 1.86. The normalized spacial score (nSPS) is 11.8. The van der Waals surface area contributed by atoms with Gasteiger partial charge < -0.3 is 20.8 Å². The van der Waals surface area contributed by atoms with Crippen LogP contribution in [0.5, 0.6) is 0 Å². The molecule has 0 radical (unpaired) electrons. The van der Waals surface area contributed by atoms with Crippen molar-refractivity contribution in [2.75, 3.05) is 23.8 Å². The lowest BCUT2D eigenvalue weighted by molar-refractivity contribution is 0.374. The minimum absolute atomic E-state index is 0.0896. The van der Waals surface area contributed by atoms with Crippen LogP contribution in [0.2, 0.25) is 0 Å². The summed E-state index contributed by atoms with van der Waals surface area (Å²) in [6.07, 6.45) is 1.84. The van der Waals surface area contributed by atoms with E-state index in [0.717, 1.165) is 12.0 Å². The van der Waals surface area contributed by atoms with Crippen LogP contribution >= 0.6 is 7.60 Å². The topological polar surface area (TPSA) is 139 Å². The first kappa shape index (κ1) is 17.3. The molecule has 2 heterocycles. The Morgan fingerprint density at radius 2 is 1.96 bits per heavy atom. The molecule has 0 bridgehead atoms. The van der Waals surface area contributed by atoms with Crippen LogP contribution in [0.15, 0.2) is 36.7 Å². The summed E-state index contributed by atoms with van der Waals surface area (Å²) in [6.45, 7) is 0.682. The number of imidazole rings is 1. The van der Waals surface area contributed by atoms with Gasteiger partial charge in [0.05, 0.1) is 6.16 Å². The molecule has 0 saturated heterocycles. The molecule has 0 fully saturated rings. The monoisotopic (exact) mass is 362 g/mol. The van der Waals surface area contributed by atoms with Gasteiger partial charge in [0.15, 0.2) is 17.0 Å². The van der Waals surface area contributed by atoms with Crippen molar-refractivity contribution in [3.05, 3.63) is 42.2 Å². The molecule has 0 atom stereocenters. The molecule has 0 amide bonds. The molecule has 25 heavy (non-hydrogen) atoms. The Labute approximate surface area is 144 Å². The fourth-order valence-corrected chi connectivity index (χ4v) is 2.90. The van der Waals surface area contributed by atoms with Crippen LogP contribution in [-0.2, 0) is 17.5 Å². The van der Waals surface area contributed by atoms with Crippen molar-refractivity contribution in [1.82, 2.24) is 19.5 Å². The lowest BCUT2D eigenvalue weighted by atomic mass is 10.1. The first-order valence-corrected chi connectivity index (χ1v) is 9.53. The second-order valence-electron chi connectivity index (χ2n) is 5.57. The van der Waals surface area contributed by atoms with Crippen LogP contribution in [-0.4, -0.2) is 42.0 Å². The molecule has 0 aliphatic rings. The Morgan fingerprint density at radius 3 is 2.68 bits per heavy atom. The molecule has 0 spiro atoms. The van der Waals surface area contributed by atoms with Crippen molar-refractivity contribution in [2.45, 2.75) is 13.0 Å². The highest BCUT2D eigenvalue weighted by molar-refractivity contribution is 7.51. The van der Waals surface area contributed by atoms with Gasteiger partial charge in [0, 0.05) is 13.1 Å².